The van der Waals surface area contributed by atoms with Crippen LogP contribution < -0.4 is 0 Å². The zero-order valence-electron chi connectivity index (χ0n) is 6.55. The zero-order valence-corrected chi connectivity index (χ0v) is 8.88. The fraction of sp³-hybridized carbons (Fsp3) is 0.125. The lowest BCUT2D eigenvalue weighted by molar-refractivity contribution is 1.23. The van der Waals surface area contributed by atoms with E-state index in [9.17, 15) is 0 Å². The van der Waals surface area contributed by atoms with Crippen LogP contribution in [0.2, 0.25) is 4.34 Å². The van der Waals surface area contributed by atoms with Crippen molar-refractivity contribution in [3.05, 3.63) is 28.4 Å². The lowest BCUT2D eigenvalue weighted by Gasteiger charge is -1.88. The summed E-state index contributed by atoms with van der Waals surface area (Å²) in [6.07, 6.45) is 1.73. The van der Waals surface area contributed by atoms with Gasteiger partial charge < -0.3 is 4.98 Å². The number of imidazole rings is 1. The Hall–Kier alpha value is -0.510. The van der Waals surface area contributed by atoms with E-state index in [4.69, 9.17) is 23.2 Å². The predicted molar refractivity (Wildman–Crippen MR) is 56.5 cm³/mol. The van der Waals surface area contributed by atoms with Crippen molar-refractivity contribution in [2.75, 3.05) is 0 Å². The fourth-order valence-corrected chi connectivity index (χ4v) is 2.12. The van der Waals surface area contributed by atoms with Gasteiger partial charge in [0.25, 0.3) is 0 Å². The van der Waals surface area contributed by atoms with E-state index >= 15 is 0 Å². The highest BCUT2D eigenvalue weighted by atomic mass is 35.5. The van der Waals surface area contributed by atoms with E-state index in [-0.39, 0.29) is 0 Å². The summed E-state index contributed by atoms with van der Waals surface area (Å²) in [5.74, 6) is 1.28. The number of rotatable bonds is 2. The molecule has 2 heterocycles. The summed E-state index contributed by atoms with van der Waals surface area (Å²) in [5, 5.41) is 0. The third kappa shape index (κ3) is 1.88. The molecule has 0 spiro atoms. The lowest BCUT2D eigenvalue weighted by atomic mass is 10.4. The topological polar surface area (TPSA) is 28.7 Å². The first-order chi connectivity index (χ1) is 6.29. The minimum atomic E-state index is 0.451. The first-order valence-electron chi connectivity index (χ1n) is 3.65. The van der Waals surface area contributed by atoms with Gasteiger partial charge in [0.05, 0.1) is 15.1 Å². The Labute approximate surface area is 89.5 Å². The van der Waals surface area contributed by atoms with Gasteiger partial charge in [0.2, 0.25) is 0 Å². The van der Waals surface area contributed by atoms with E-state index in [1.807, 2.05) is 12.1 Å². The molecule has 0 amide bonds. The number of H-pyrrole nitrogens is 1. The van der Waals surface area contributed by atoms with E-state index in [1.54, 1.807) is 6.20 Å². The van der Waals surface area contributed by atoms with Gasteiger partial charge in [-0.1, -0.05) is 11.6 Å². The van der Waals surface area contributed by atoms with Gasteiger partial charge in [-0.3, -0.25) is 0 Å². The molecular weight excluding hydrogens is 227 g/mol. The van der Waals surface area contributed by atoms with E-state index in [2.05, 4.69) is 9.97 Å². The molecule has 0 aliphatic rings. The first-order valence-corrected chi connectivity index (χ1v) is 5.38. The highest BCUT2D eigenvalue weighted by molar-refractivity contribution is 7.19. The Morgan fingerprint density at radius 1 is 1.46 bits per heavy atom. The van der Waals surface area contributed by atoms with Crippen molar-refractivity contribution < 1.29 is 0 Å². The molecule has 1 N–H and O–H groups in total. The van der Waals surface area contributed by atoms with Gasteiger partial charge in [-0.2, -0.15) is 0 Å². The van der Waals surface area contributed by atoms with Crippen LogP contribution in [0.5, 0.6) is 0 Å². The number of halogens is 2. The molecule has 0 aliphatic heterocycles. The molecular formula is C8H6Cl2N2S. The first kappa shape index (κ1) is 9.06. The van der Waals surface area contributed by atoms with Gasteiger partial charge in [0.1, 0.15) is 5.82 Å². The van der Waals surface area contributed by atoms with Crippen molar-refractivity contribution >= 4 is 34.5 Å². The highest BCUT2D eigenvalue weighted by Crippen LogP contribution is 2.28. The largest absolute Gasteiger partial charge is 0.340 e. The Morgan fingerprint density at radius 2 is 2.31 bits per heavy atom. The van der Waals surface area contributed by atoms with Crippen molar-refractivity contribution in [1.29, 1.82) is 0 Å². The van der Waals surface area contributed by atoms with Gasteiger partial charge in [0, 0.05) is 11.9 Å². The molecule has 2 aromatic rings. The molecule has 5 heteroatoms. The standard InChI is InChI=1S/C8H6Cl2N2S/c9-3-5-4-11-8(12-5)6-1-2-7(10)13-6/h1-2,4H,3H2,(H,11,12). The predicted octanol–water partition coefficient (Wildman–Crippen LogP) is 3.53. The summed E-state index contributed by atoms with van der Waals surface area (Å²) >= 11 is 12.9. The Kier molecular flexibility index (Phi) is 2.58. The zero-order chi connectivity index (χ0) is 9.26. The van der Waals surface area contributed by atoms with Crippen LogP contribution in [0.25, 0.3) is 10.7 Å². The third-order valence-electron chi connectivity index (χ3n) is 1.58. The van der Waals surface area contributed by atoms with Gasteiger partial charge in [0.15, 0.2) is 0 Å². The number of hydrogen-bond donors (Lipinski definition) is 1. The van der Waals surface area contributed by atoms with Crippen LogP contribution >= 0.6 is 34.5 Å². The Morgan fingerprint density at radius 3 is 2.85 bits per heavy atom. The molecule has 0 aliphatic carbocycles. The quantitative estimate of drug-likeness (QED) is 0.789. The van der Waals surface area contributed by atoms with Crippen LogP contribution in [0.15, 0.2) is 18.3 Å². The second kappa shape index (κ2) is 3.70. The molecule has 68 valence electrons. The summed E-state index contributed by atoms with van der Waals surface area (Å²) in [5.41, 5.74) is 0.918. The number of aromatic nitrogens is 2. The Balaban J connectivity index is 2.35. The molecule has 0 fully saturated rings. The fourth-order valence-electron chi connectivity index (χ4n) is 0.994. The third-order valence-corrected chi connectivity index (χ3v) is 3.10. The summed E-state index contributed by atoms with van der Waals surface area (Å²) in [7, 11) is 0. The van der Waals surface area contributed by atoms with E-state index in [0.29, 0.717) is 5.88 Å². The molecule has 0 atom stereocenters. The highest BCUT2D eigenvalue weighted by Gasteiger charge is 2.05. The van der Waals surface area contributed by atoms with Crippen LogP contribution in [-0.4, -0.2) is 9.97 Å². The smallest absolute Gasteiger partial charge is 0.147 e. The van der Waals surface area contributed by atoms with E-state index in [0.717, 1.165) is 20.7 Å². The van der Waals surface area contributed by atoms with Crippen LogP contribution in [-0.2, 0) is 5.88 Å². The Bertz CT molecular complexity index is 408. The van der Waals surface area contributed by atoms with E-state index in [1.165, 1.54) is 11.3 Å². The lowest BCUT2D eigenvalue weighted by Crippen LogP contribution is -1.76. The molecule has 0 saturated carbocycles. The molecule has 0 unspecified atom stereocenters. The molecule has 2 nitrogen and oxygen atoms in total. The maximum Gasteiger partial charge on any atom is 0.147 e. The minimum absolute atomic E-state index is 0.451. The van der Waals surface area contributed by atoms with Crippen molar-refractivity contribution in [2.45, 2.75) is 5.88 Å². The second-order valence-electron chi connectivity index (χ2n) is 2.49. The molecule has 13 heavy (non-hydrogen) atoms. The van der Waals surface area contributed by atoms with Crippen LogP contribution in [0.3, 0.4) is 0 Å². The molecule has 0 radical (unpaired) electrons. The number of alkyl halides is 1. The number of nitrogens with zero attached hydrogens (tertiary/aromatic N) is 1. The number of thiophene rings is 1. The van der Waals surface area contributed by atoms with Gasteiger partial charge in [-0.15, -0.1) is 22.9 Å². The van der Waals surface area contributed by atoms with Crippen molar-refractivity contribution in [3.8, 4) is 10.7 Å². The normalized spacial score (nSPS) is 10.6. The number of nitrogens with one attached hydrogen (secondary N) is 1. The van der Waals surface area contributed by atoms with Gasteiger partial charge in [-0.05, 0) is 12.1 Å². The summed E-state index contributed by atoms with van der Waals surface area (Å²) < 4.78 is 0.763. The van der Waals surface area contributed by atoms with Crippen LogP contribution in [0.1, 0.15) is 5.69 Å². The average molecular weight is 233 g/mol. The minimum Gasteiger partial charge on any atom is -0.340 e. The number of aromatic amines is 1. The van der Waals surface area contributed by atoms with Crippen LogP contribution in [0.4, 0.5) is 0 Å². The number of hydrogen-bond acceptors (Lipinski definition) is 2. The van der Waals surface area contributed by atoms with E-state index < -0.39 is 0 Å². The van der Waals surface area contributed by atoms with Gasteiger partial charge >= 0.3 is 0 Å². The van der Waals surface area contributed by atoms with Crippen molar-refractivity contribution in [2.24, 2.45) is 0 Å². The van der Waals surface area contributed by atoms with Gasteiger partial charge in [-0.25, -0.2) is 4.98 Å². The van der Waals surface area contributed by atoms with Crippen molar-refractivity contribution in [3.63, 3.8) is 0 Å². The molecule has 0 saturated heterocycles. The molecule has 2 rings (SSSR count). The SMILES string of the molecule is ClCc1cnc(-c2ccc(Cl)s2)[nH]1. The molecule has 2 aromatic heterocycles. The maximum absolute atomic E-state index is 5.80. The molecule has 0 aromatic carbocycles. The monoisotopic (exact) mass is 232 g/mol. The summed E-state index contributed by atoms with van der Waals surface area (Å²) in [4.78, 5) is 8.31. The average Bonchev–Trinajstić information content (AvgIpc) is 2.71. The summed E-state index contributed by atoms with van der Waals surface area (Å²) in [6.45, 7) is 0. The van der Waals surface area contributed by atoms with Crippen molar-refractivity contribution in [1.82, 2.24) is 9.97 Å². The maximum atomic E-state index is 5.80. The van der Waals surface area contributed by atoms with Crippen LogP contribution in [0, 0.1) is 0 Å². The second-order valence-corrected chi connectivity index (χ2v) is 4.48. The summed E-state index contributed by atoms with van der Waals surface area (Å²) in [6, 6.07) is 3.79. The molecule has 0 bridgehead atoms.